The minimum atomic E-state index is 0.776. The lowest BCUT2D eigenvalue weighted by Gasteiger charge is -2.00. The van der Waals surface area contributed by atoms with Crippen molar-refractivity contribution >= 4 is 22.8 Å². The number of benzene rings is 1. The fourth-order valence-electron chi connectivity index (χ4n) is 3.03. The first-order valence-corrected chi connectivity index (χ1v) is 8.13. The lowest BCUT2D eigenvalue weighted by Crippen LogP contribution is -2.01. The van der Waals surface area contributed by atoms with Crippen LogP contribution in [-0.2, 0) is 19.9 Å². The van der Waals surface area contributed by atoms with Crippen LogP contribution in [0, 0.1) is 0 Å². The highest BCUT2D eigenvalue weighted by Gasteiger charge is 2.11. The predicted molar refractivity (Wildman–Crippen MR) is 95.8 cm³/mol. The zero-order valence-electron chi connectivity index (χ0n) is 13.8. The smallest absolute Gasteiger partial charge is 0.155 e. The first kappa shape index (κ1) is 14.6. The van der Waals surface area contributed by atoms with E-state index in [2.05, 4.69) is 46.0 Å². The van der Waals surface area contributed by atoms with Crippen LogP contribution in [0.2, 0.25) is 0 Å². The summed E-state index contributed by atoms with van der Waals surface area (Å²) in [7, 11) is 2.07. The Kier molecular flexibility index (Phi) is 3.61. The Labute approximate surface area is 140 Å². The summed E-state index contributed by atoms with van der Waals surface area (Å²) < 4.78 is 3.98. The molecule has 24 heavy (non-hydrogen) atoms. The van der Waals surface area contributed by atoms with Crippen LogP contribution in [0.5, 0.6) is 0 Å². The van der Waals surface area contributed by atoms with Crippen LogP contribution in [0.25, 0.3) is 22.8 Å². The van der Waals surface area contributed by atoms with Crippen molar-refractivity contribution in [2.75, 3.05) is 0 Å². The molecule has 0 saturated heterocycles. The quantitative estimate of drug-likeness (QED) is 0.579. The molecule has 0 unspecified atom stereocenters. The molecule has 4 aromatic rings. The van der Waals surface area contributed by atoms with Crippen molar-refractivity contribution in [2.45, 2.75) is 19.8 Å². The van der Waals surface area contributed by atoms with Crippen molar-refractivity contribution in [3.63, 3.8) is 0 Å². The van der Waals surface area contributed by atoms with Gasteiger partial charge in [-0.25, -0.2) is 14.5 Å². The first-order chi connectivity index (χ1) is 11.8. The summed E-state index contributed by atoms with van der Waals surface area (Å²) in [5.41, 5.74) is 4.25. The Bertz CT molecular complexity index is 1010. The van der Waals surface area contributed by atoms with Crippen molar-refractivity contribution in [3.05, 3.63) is 65.9 Å². The summed E-state index contributed by atoms with van der Waals surface area (Å²) in [4.78, 5) is 9.41. The molecule has 5 heteroatoms. The molecular weight excluding hydrogens is 298 g/mol. The zero-order valence-corrected chi connectivity index (χ0v) is 13.8. The molecule has 0 spiro atoms. The van der Waals surface area contributed by atoms with E-state index in [0.29, 0.717) is 0 Å². The van der Waals surface area contributed by atoms with Gasteiger partial charge in [-0.3, -0.25) is 0 Å². The number of rotatable bonds is 4. The van der Waals surface area contributed by atoms with Crippen LogP contribution in [0.1, 0.15) is 24.1 Å². The molecule has 0 aliphatic carbocycles. The summed E-state index contributed by atoms with van der Waals surface area (Å²) in [6, 6.07) is 12.2. The molecule has 0 amide bonds. The molecular formula is C19H19N5. The largest absolute Gasteiger partial charge is 0.331 e. The number of allylic oxidation sites excluding steroid dienone is 1. The standard InChI is InChI=1S/C19H19N5/c1-3-7-14-8-6-9-15-19(14)21-17(23(15)2)12-11-16-20-18-10-4-5-13-24(18)22-16/h3-10,13H,11-12H2,1-2H3/b7-3-. The monoisotopic (exact) mass is 317 g/mol. The van der Waals surface area contributed by atoms with Crippen molar-refractivity contribution < 1.29 is 0 Å². The van der Waals surface area contributed by atoms with E-state index >= 15 is 0 Å². The molecule has 0 atom stereocenters. The average molecular weight is 317 g/mol. The molecule has 120 valence electrons. The molecule has 0 N–H and O–H groups in total. The van der Waals surface area contributed by atoms with Gasteiger partial charge in [-0.15, -0.1) is 0 Å². The summed E-state index contributed by atoms with van der Waals surface area (Å²) >= 11 is 0. The van der Waals surface area contributed by atoms with E-state index in [9.17, 15) is 0 Å². The highest BCUT2D eigenvalue weighted by molar-refractivity contribution is 5.85. The fourth-order valence-corrected chi connectivity index (χ4v) is 3.03. The van der Waals surface area contributed by atoms with Gasteiger partial charge in [-0.1, -0.05) is 30.4 Å². The van der Waals surface area contributed by atoms with E-state index in [1.165, 1.54) is 0 Å². The van der Waals surface area contributed by atoms with E-state index < -0.39 is 0 Å². The molecule has 0 aliphatic heterocycles. The van der Waals surface area contributed by atoms with E-state index in [0.717, 1.165) is 46.7 Å². The molecule has 0 radical (unpaired) electrons. The van der Waals surface area contributed by atoms with Gasteiger partial charge in [-0.2, -0.15) is 5.10 Å². The van der Waals surface area contributed by atoms with E-state index in [-0.39, 0.29) is 0 Å². The Morgan fingerprint density at radius 1 is 1.04 bits per heavy atom. The predicted octanol–water partition coefficient (Wildman–Crippen LogP) is 3.43. The van der Waals surface area contributed by atoms with Crippen LogP contribution in [0.3, 0.4) is 0 Å². The third-order valence-electron chi connectivity index (χ3n) is 4.24. The molecule has 0 bridgehead atoms. The number of nitrogens with zero attached hydrogens (tertiary/aromatic N) is 5. The van der Waals surface area contributed by atoms with Crippen molar-refractivity contribution in [1.29, 1.82) is 0 Å². The number of aryl methyl sites for hydroxylation is 3. The van der Waals surface area contributed by atoms with Crippen molar-refractivity contribution in [2.24, 2.45) is 7.05 Å². The number of hydrogen-bond acceptors (Lipinski definition) is 3. The van der Waals surface area contributed by atoms with Gasteiger partial charge >= 0.3 is 0 Å². The number of aromatic nitrogens is 5. The number of pyridine rings is 1. The van der Waals surface area contributed by atoms with E-state index in [1.54, 1.807) is 0 Å². The van der Waals surface area contributed by atoms with E-state index in [4.69, 9.17) is 4.98 Å². The number of hydrogen-bond donors (Lipinski definition) is 0. The molecule has 0 saturated carbocycles. The normalized spacial score (nSPS) is 11.9. The highest BCUT2D eigenvalue weighted by atomic mass is 15.3. The second kappa shape index (κ2) is 5.92. The second-order valence-electron chi connectivity index (χ2n) is 5.83. The summed E-state index contributed by atoms with van der Waals surface area (Å²) in [5, 5.41) is 4.52. The van der Waals surface area contributed by atoms with Crippen LogP contribution >= 0.6 is 0 Å². The summed E-state index contributed by atoms with van der Waals surface area (Å²) in [6.07, 6.45) is 7.66. The minimum Gasteiger partial charge on any atom is -0.331 e. The third kappa shape index (κ3) is 2.48. The molecule has 1 aromatic carbocycles. The van der Waals surface area contributed by atoms with Crippen LogP contribution in [0.15, 0.2) is 48.7 Å². The molecule has 0 fully saturated rings. The summed E-state index contributed by atoms with van der Waals surface area (Å²) in [6.45, 7) is 2.03. The Balaban J connectivity index is 1.64. The lowest BCUT2D eigenvalue weighted by molar-refractivity contribution is 0.755. The van der Waals surface area contributed by atoms with Crippen LogP contribution in [0.4, 0.5) is 0 Å². The maximum absolute atomic E-state index is 4.85. The van der Waals surface area contributed by atoms with Gasteiger partial charge in [0.05, 0.1) is 11.0 Å². The lowest BCUT2D eigenvalue weighted by atomic mass is 10.2. The van der Waals surface area contributed by atoms with Crippen LogP contribution in [-0.4, -0.2) is 24.1 Å². The maximum atomic E-state index is 4.85. The Morgan fingerprint density at radius 2 is 1.96 bits per heavy atom. The highest BCUT2D eigenvalue weighted by Crippen LogP contribution is 2.21. The molecule has 5 nitrogen and oxygen atoms in total. The molecule has 3 heterocycles. The van der Waals surface area contributed by atoms with E-state index in [1.807, 2.05) is 41.9 Å². The zero-order chi connectivity index (χ0) is 16.5. The Morgan fingerprint density at radius 3 is 2.79 bits per heavy atom. The van der Waals surface area contributed by atoms with Gasteiger partial charge in [-0.05, 0) is 25.1 Å². The topological polar surface area (TPSA) is 48.0 Å². The van der Waals surface area contributed by atoms with Gasteiger partial charge in [0, 0.05) is 31.6 Å². The van der Waals surface area contributed by atoms with Crippen molar-refractivity contribution in [1.82, 2.24) is 24.1 Å². The third-order valence-corrected chi connectivity index (χ3v) is 4.24. The number of para-hydroxylation sites is 1. The number of fused-ring (bicyclic) bond motifs is 2. The molecule has 4 rings (SSSR count). The summed E-state index contributed by atoms with van der Waals surface area (Å²) in [5.74, 6) is 1.91. The first-order valence-electron chi connectivity index (χ1n) is 8.13. The second-order valence-corrected chi connectivity index (χ2v) is 5.83. The molecule has 3 aromatic heterocycles. The SMILES string of the molecule is C/C=C\c1cccc2c1nc(CCc1nc3ccccn3n1)n2C. The van der Waals surface area contributed by atoms with Crippen molar-refractivity contribution in [3.8, 4) is 0 Å². The fraction of sp³-hybridized carbons (Fsp3) is 0.211. The minimum absolute atomic E-state index is 0.776. The van der Waals surface area contributed by atoms with Gasteiger partial charge in [0.25, 0.3) is 0 Å². The van der Waals surface area contributed by atoms with Gasteiger partial charge in [0.15, 0.2) is 11.5 Å². The molecule has 0 aliphatic rings. The number of imidazole rings is 1. The van der Waals surface area contributed by atoms with Gasteiger partial charge in [0.1, 0.15) is 5.82 Å². The average Bonchev–Trinajstić information content (AvgIpc) is 3.15. The Hall–Kier alpha value is -2.95. The maximum Gasteiger partial charge on any atom is 0.155 e. The van der Waals surface area contributed by atoms with Crippen LogP contribution < -0.4 is 0 Å². The van der Waals surface area contributed by atoms with Gasteiger partial charge in [0.2, 0.25) is 0 Å². The van der Waals surface area contributed by atoms with Gasteiger partial charge < -0.3 is 4.57 Å².